The van der Waals surface area contributed by atoms with E-state index >= 15 is 0 Å². The molecule has 0 spiro atoms. The fourth-order valence-corrected chi connectivity index (χ4v) is 2.63. The first-order valence-corrected chi connectivity index (χ1v) is 7.50. The van der Waals surface area contributed by atoms with Crippen LogP contribution in [0.4, 0.5) is 0 Å². The molecule has 0 aliphatic rings. The Morgan fingerprint density at radius 3 is 2.86 bits per heavy atom. The van der Waals surface area contributed by atoms with E-state index in [1.54, 1.807) is 0 Å². The maximum absolute atomic E-state index is 9.28. The molecule has 0 fully saturated rings. The number of benzene rings is 2. The first kappa shape index (κ1) is 14.9. The average Bonchev–Trinajstić information content (AvgIpc) is 2.83. The van der Waals surface area contributed by atoms with Gasteiger partial charge >= 0.3 is 0 Å². The second-order valence-corrected chi connectivity index (χ2v) is 5.58. The Kier molecular flexibility index (Phi) is 4.32. The standard InChI is InChI=1S/C17H17ClN2O2/c1-12-3-2-4-14(9-12)22-11-17-19-15-10-13(18)5-6-16(15)20(17)7-8-21/h2-6,9-10,21H,7-8,11H2,1H3. The van der Waals surface area contributed by atoms with E-state index in [0.29, 0.717) is 18.2 Å². The molecule has 4 nitrogen and oxygen atoms in total. The smallest absolute Gasteiger partial charge is 0.148 e. The van der Waals surface area contributed by atoms with Crippen molar-refractivity contribution in [1.82, 2.24) is 9.55 Å². The third-order valence-corrected chi connectivity index (χ3v) is 3.71. The number of nitrogens with zero attached hydrogens (tertiary/aromatic N) is 2. The zero-order valence-corrected chi connectivity index (χ0v) is 13.0. The number of aromatic nitrogens is 2. The van der Waals surface area contributed by atoms with Crippen molar-refractivity contribution < 1.29 is 9.84 Å². The molecule has 0 bridgehead atoms. The van der Waals surface area contributed by atoms with Gasteiger partial charge in [-0.2, -0.15) is 0 Å². The average molecular weight is 317 g/mol. The summed E-state index contributed by atoms with van der Waals surface area (Å²) in [4.78, 5) is 4.57. The summed E-state index contributed by atoms with van der Waals surface area (Å²) in [5.41, 5.74) is 2.90. The van der Waals surface area contributed by atoms with Crippen LogP contribution in [0.15, 0.2) is 42.5 Å². The summed E-state index contributed by atoms with van der Waals surface area (Å²) in [7, 11) is 0. The zero-order valence-electron chi connectivity index (χ0n) is 12.3. The quantitative estimate of drug-likeness (QED) is 0.782. The Morgan fingerprint density at radius 1 is 1.23 bits per heavy atom. The molecule has 0 unspecified atom stereocenters. The van der Waals surface area contributed by atoms with Gasteiger partial charge in [0.2, 0.25) is 0 Å². The van der Waals surface area contributed by atoms with Gasteiger partial charge in [0.15, 0.2) is 0 Å². The number of aliphatic hydroxyl groups is 1. The van der Waals surface area contributed by atoms with Crippen LogP contribution < -0.4 is 4.74 Å². The molecular weight excluding hydrogens is 300 g/mol. The Labute approximate surface area is 133 Å². The molecule has 0 atom stereocenters. The van der Waals surface area contributed by atoms with E-state index in [2.05, 4.69) is 4.98 Å². The van der Waals surface area contributed by atoms with E-state index in [-0.39, 0.29) is 6.61 Å². The summed E-state index contributed by atoms with van der Waals surface area (Å²) in [6.07, 6.45) is 0. The van der Waals surface area contributed by atoms with E-state index in [4.69, 9.17) is 16.3 Å². The molecule has 3 aromatic rings. The van der Waals surface area contributed by atoms with Gasteiger partial charge in [0.25, 0.3) is 0 Å². The fraction of sp³-hybridized carbons (Fsp3) is 0.235. The third-order valence-electron chi connectivity index (χ3n) is 3.47. The highest BCUT2D eigenvalue weighted by atomic mass is 35.5. The highest BCUT2D eigenvalue weighted by Crippen LogP contribution is 2.22. The van der Waals surface area contributed by atoms with Crippen molar-refractivity contribution in [3.8, 4) is 5.75 Å². The second kappa shape index (κ2) is 6.38. The van der Waals surface area contributed by atoms with Crippen molar-refractivity contribution in [2.24, 2.45) is 0 Å². The number of rotatable bonds is 5. The van der Waals surface area contributed by atoms with E-state index < -0.39 is 0 Å². The first-order chi connectivity index (χ1) is 10.7. The minimum absolute atomic E-state index is 0.0472. The Hall–Kier alpha value is -2.04. The van der Waals surface area contributed by atoms with Gasteiger partial charge in [-0.25, -0.2) is 4.98 Å². The summed E-state index contributed by atoms with van der Waals surface area (Å²) in [6, 6.07) is 13.4. The molecule has 1 N–H and O–H groups in total. The lowest BCUT2D eigenvalue weighted by atomic mass is 10.2. The maximum atomic E-state index is 9.28. The maximum Gasteiger partial charge on any atom is 0.148 e. The zero-order chi connectivity index (χ0) is 15.5. The topological polar surface area (TPSA) is 47.3 Å². The lowest BCUT2D eigenvalue weighted by Crippen LogP contribution is -2.09. The van der Waals surface area contributed by atoms with Gasteiger partial charge in [-0.15, -0.1) is 0 Å². The predicted molar refractivity (Wildman–Crippen MR) is 87.3 cm³/mol. The van der Waals surface area contributed by atoms with Crippen LogP contribution in [0.1, 0.15) is 11.4 Å². The van der Waals surface area contributed by atoms with Crippen molar-refractivity contribution in [3.63, 3.8) is 0 Å². The number of aliphatic hydroxyl groups excluding tert-OH is 1. The van der Waals surface area contributed by atoms with E-state index in [9.17, 15) is 5.11 Å². The number of ether oxygens (including phenoxy) is 1. The van der Waals surface area contributed by atoms with Crippen LogP contribution in [0.3, 0.4) is 0 Å². The summed E-state index contributed by atoms with van der Waals surface area (Å²) in [6.45, 7) is 2.89. The number of halogens is 1. The van der Waals surface area contributed by atoms with Crippen LogP contribution in [0.2, 0.25) is 5.02 Å². The second-order valence-electron chi connectivity index (χ2n) is 5.14. The SMILES string of the molecule is Cc1cccc(OCc2nc3cc(Cl)ccc3n2CCO)c1. The molecule has 1 heterocycles. The number of aryl methyl sites for hydroxylation is 1. The van der Waals surface area contributed by atoms with Crippen LogP contribution in [-0.4, -0.2) is 21.3 Å². The number of fused-ring (bicyclic) bond motifs is 1. The van der Waals surface area contributed by atoms with E-state index in [0.717, 1.165) is 28.2 Å². The van der Waals surface area contributed by atoms with Gasteiger partial charge in [0.05, 0.1) is 17.6 Å². The lowest BCUT2D eigenvalue weighted by Gasteiger charge is -2.09. The van der Waals surface area contributed by atoms with Crippen molar-refractivity contribution in [2.45, 2.75) is 20.1 Å². The fourth-order valence-electron chi connectivity index (χ4n) is 2.47. The predicted octanol–water partition coefficient (Wildman–Crippen LogP) is 3.57. The molecule has 2 aromatic carbocycles. The third kappa shape index (κ3) is 3.08. The van der Waals surface area contributed by atoms with Gasteiger partial charge < -0.3 is 14.4 Å². The Bertz CT molecular complexity index is 798. The molecule has 22 heavy (non-hydrogen) atoms. The van der Waals surface area contributed by atoms with Crippen LogP contribution in [0.5, 0.6) is 5.75 Å². The van der Waals surface area contributed by atoms with Crippen LogP contribution >= 0.6 is 11.6 Å². The van der Waals surface area contributed by atoms with Crippen molar-refractivity contribution in [3.05, 3.63) is 58.9 Å². The molecule has 0 amide bonds. The monoisotopic (exact) mass is 316 g/mol. The normalized spacial score (nSPS) is 11.0. The van der Waals surface area contributed by atoms with Gasteiger partial charge in [-0.1, -0.05) is 23.7 Å². The van der Waals surface area contributed by atoms with Crippen molar-refractivity contribution in [1.29, 1.82) is 0 Å². The molecule has 3 rings (SSSR count). The number of hydrogen-bond acceptors (Lipinski definition) is 3. The van der Waals surface area contributed by atoms with Gasteiger partial charge in [-0.3, -0.25) is 0 Å². The Morgan fingerprint density at radius 2 is 2.09 bits per heavy atom. The van der Waals surface area contributed by atoms with Crippen LogP contribution in [0, 0.1) is 6.92 Å². The summed E-state index contributed by atoms with van der Waals surface area (Å²) in [5.74, 6) is 1.58. The molecule has 0 saturated heterocycles. The largest absolute Gasteiger partial charge is 0.486 e. The lowest BCUT2D eigenvalue weighted by molar-refractivity contribution is 0.260. The van der Waals surface area contributed by atoms with Gasteiger partial charge in [-0.05, 0) is 42.8 Å². The summed E-state index contributed by atoms with van der Waals surface area (Å²) in [5, 5.41) is 9.93. The first-order valence-electron chi connectivity index (χ1n) is 7.12. The van der Waals surface area contributed by atoms with Gasteiger partial charge in [0, 0.05) is 11.6 Å². The molecule has 1 aromatic heterocycles. The van der Waals surface area contributed by atoms with E-state index in [1.807, 2.05) is 54.0 Å². The molecule has 114 valence electrons. The van der Waals surface area contributed by atoms with Gasteiger partial charge in [0.1, 0.15) is 18.2 Å². The molecular formula is C17H17ClN2O2. The highest BCUT2D eigenvalue weighted by molar-refractivity contribution is 6.31. The van der Waals surface area contributed by atoms with Crippen LogP contribution in [-0.2, 0) is 13.2 Å². The summed E-state index contributed by atoms with van der Waals surface area (Å²) < 4.78 is 7.78. The molecule has 5 heteroatoms. The molecule has 0 aliphatic heterocycles. The Balaban J connectivity index is 1.90. The molecule has 0 saturated carbocycles. The minimum Gasteiger partial charge on any atom is -0.486 e. The minimum atomic E-state index is 0.0472. The van der Waals surface area contributed by atoms with E-state index in [1.165, 1.54) is 0 Å². The molecule has 0 aliphatic carbocycles. The number of imidazole rings is 1. The van der Waals surface area contributed by atoms with Crippen molar-refractivity contribution in [2.75, 3.05) is 6.61 Å². The highest BCUT2D eigenvalue weighted by Gasteiger charge is 2.11. The van der Waals surface area contributed by atoms with Crippen LogP contribution in [0.25, 0.3) is 11.0 Å². The summed E-state index contributed by atoms with van der Waals surface area (Å²) >= 11 is 6.02. The number of hydrogen-bond donors (Lipinski definition) is 1. The molecule has 0 radical (unpaired) electrons. The van der Waals surface area contributed by atoms with Crippen molar-refractivity contribution >= 4 is 22.6 Å².